The van der Waals surface area contributed by atoms with Gasteiger partial charge in [-0.1, -0.05) is 26.0 Å². The van der Waals surface area contributed by atoms with Crippen molar-refractivity contribution in [1.82, 2.24) is 0 Å². The Morgan fingerprint density at radius 3 is 1.36 bits per heavy atom. The molecule has 0 aliphatic heterocycles. The monoisotopic (exact) mass is 464 g/mol. The molecule has 33 heavy (non-hydrogen) atoms. The highest BCUT2D eigenvalue weighted by molar-refractivity contribution is 5.82. The molecule has 6 nitrogen and oxygen atoms in total. The first-order valence-corrected chi connectivity index (χ1v) is 12.7. The highest BCUT2D eigenvalue weighted by Gasteiger charge is 2.40. The van der Waals surface area contributed by atoms with Gasteiger partial charge in [0.25, 0.3) is 0 Å². The molecule has 6 heteroatoms. The van der Waals surface area contributed by atoms with Gasteiger partial charge >= 0.3 is 11.9 Å². The van der Waals surface area contributed by atoms with E-state index in [1.165, 1.54) is 37.8 Å². The van der Waals surface area contributed by atoms with Crippen LogP contribution in [0.2, 0.25) is 0 Å². The van der Waals surface area contributed by atoms with Crippen LogP contribution in [0.5, 0.6) is 0 Å². The van der Waals surface area contributed by atoms with Crippen molar-refractivity contribution in [3.05, 3.63) is 24.3 Å². The van der Waals surface area contributed by atoms with Crippen molar-refractivity contribution in [1.29, 1.82) is 0 Å². The summed E-state index contributed by atoms with van der Waals surface area (Å²) in [6.07, 6.45) is 15.9. The van der Waals surface area contributed by atoms with Crippen molar-refractivity contribution in [2.45, 2.75) is 91.3 Å². The fourth-order valence-corrected chi connectivity index (χ4v) is 5.36. The van der Waals surface area contributed by atoms with Gasteiger partial charge in [-0.25, -0.2) is 9.59 Å². The molecule has 0 atom stereocenters. The van der Waals surface area contributed by atoms with E-state index in [-0.39, 0.29) is 24.1 Å². The van der Waals surface area contributed by atoms with E-state index in [1.807, 2.05) is 0 Å². The van der Waals surface area contributed by atoms with Gasteiger partial charge < -0.3 is 18.9 Å². The van der Waals surface area contributed by atoms with Gasteiger partial charge in [0, 0.05) is 12.2 Å². The van der Waals surface area contributed by atoms with Gasteiger partial charge in [0.2, 0.25) is 0 Å². The number of carbonyl (C=O) groups excluding carboxylic acids is 2. The van der Waals surface area contributed by atoms with Crippen LogP contribution in [0.25, 0.3) is 0 Å². The Balaban J connectivity index is 1.62. The molecule has 2 rings (SSSR count). The molecule has 0 N–H and O–H groups in total. The molecule has 0 radical (unpaired) electrons. The lowest BCUT2D eigenvalue weighted by molar-refractivity contribution is -0.141. The second kappa shape index (κ2) is 14.6. The van der Waals surface area contributed by atoms with Crippen molar-refractivity contribution in [2.75, 3.05) is 26.4 Å². The Morgan fingerprint density at radius 2 is 1.03 bits per heavy atom. The van der Waals surface area contributed by atoms with Crippen LogP contribution in [0.4, 0.5) is 0 Å². The van der Waals surface area contributed by atoms with Gasteiger partial charge in [0.05, 0.1) is 25.4 Å². The zero-order chi connectivity index (χ0) is 24.1. The molecule has 0 unspecified atom stereocenters. The summed E-state index contributed by atoms with van der Waals surface area (Å²) >= 11 is 0. The minimum atomic E-state index is -0.306. The highest BCUT2D eigenvalue weighted by atomic mass is 16.6. The predicted octanol–water partition coefficient (Wildman–Crippen LogP) is 5.40. The molecule has 2 saturated carbocycles. The third-order valence-corrected chi connectivity index (χ3v) is 7.42. The van der Waals surface area contributed by atoms with Gasteiger partial charge in [0.1, 0.15) is 13.2 Å². The van der Waals surface area contributed by atoms with Crippen molar-refractivity contribution in [2.24, 2.45) is 17.3 Å². The molecule has 0 spiro atoms. The van der Waals surface area contributed by atoms with Gasteiger partial charge in [-0.3, -0.25) is 0 Å². The Morgan fingerprint density at radius 1 is 0.667 bits per heavy atom. The van der Waals surface area contributed by atoms with E-state index in [1.54, 1.807) is 26.0 Å². The minimum Gasteiger partial charge on any atom is -0.460 e. The van der Waals surface area contributed by atoms with Crippen LogP contribution < -0.4 is 0 Å². The predicted molar refractivity (Wildman–Crippen MR) is 129 cm³/mol. The van der Waals surface area contributed by atoms with Crippen molar-refractivity contribution in [3.63, 3.8) is 0 Å². The maximum atomic E-state index is 11.3. The van der Waals surface area contributed by atoms with Crippen molar-refractivity contribution < 1.29 is 28.5 Å². The summed E-state index contributed by atoms with van der Waals surface area (Å²) in [6, 6.07) is 0. The van der Waals surface area contributed by atoms with Gasteiger partial charge in [-0.15, -0.1) is 0 Å². The molecule has 188 valence electrons. The van der Waals surface area contributed by atoms with Crippen LogP contribution in [-0.4, -0.2) is 50.6 Å². The van der Waals surface area contributed by atoms with Crippen LogP contribution in [-0.2, 0) is 28.5 Å². The van der Waals surface area contributed by atoms with Gasteiger partial charge in [0.15, 0.2) is 0 Å². The maximum absolute atomic E-state index is 11.3. The molecule has 2 aliphatic carbocycles. The van der Waals surface area contributed by atoms with Crippen molar-refractivity contribution in [3.8, 4) is 0 Å². The molecule has 0 aromatic heterocycles. The fraction of sp³-hybridized carbons (Fsp3) is 0.778. The van der Waals surface area contributed by atoms with Crippen molar-refractivity contribution >= 4 is 11.9 Å². The summed E-state index contributed by atoms with van der Waals surface area (Å²) < 4.78 is 22.1. The van der Waals surface area contributed by atoms with Crippen LogP contribution >= 0.6 is 0 Å². The molecule has 0 aromatic rings. The zero-order valence-electron chi connectivity index (χ0n) is 21.1. The second-order valence-corrected chi connectivity index (χ2v) is 9.85. The number of hydrogen-bond acceptors (Lipinski definition) is 6. The maximum Gasteiger partial charge on any atom is 0.330 e. The number of ether oxygens (including phenoxy) is 4. The first-order valence-electron chi connectivity index (χ1n) is 12.7. The number of esters is 2. The molecule has 2 aliphatic rings. The highest BCUT2D eigenvalue weighted by Crippen LogP contribution is 2.48. The zero-order valence-corrected chi connectivity index (χ0v) is 21.1. The summed E-state index contributed by atoms with van der Waals surface area (Å²) in [4.78, 5) is 22.7. The Labute approximate surface area is 200 Å². The van der Waals surface area contributed by atoms with Crippen LogP contribution in [0.3, 0.4) is 0 Å². The van der Waals surface area contributed by atoms with E-state index < -0.39 is 0 Å². The summed E-state index contributed by atoms with van der Waals surface area (Å²) in [5, 5.41) is 0. The second-order valence-electron chi connectivity index (χ2n) is 9.85. The fourth-order valence-electron chi connectivity index (χ4n) is 5.36. The van der Waals surface area contributed by atoms with E-state index >= 15 is 0 Å². The van der Waals surface area contributed by atoms with E-state index in [4.69, 9.17) is 18.9 Å². The summed E-state index contributed by atoms with van der Waals surface area (Å²) in [5.41, 5.74) is 0.319. The first kappa shape index (κ1) is 27.6. The van der Waals surface area contributed by atoms with E-state index in [0.717, 1.165) is 37.5 Å². The Kier molecular flexibility index (Phi) is 12.2. The Hall–Kier alpha value is -1.66. The van der Waals surface area contributed by atoms with Crippen LogP contribution in [0, 0.1) is 17.3 Å². The van der Waals surface area contributed by atoms with E-state index in [2.05, 4.69) is 13.8 Å². The molecule has 0 aromatic carbocycles. The number of carbonyl (C=O) groups is 2. The number of hydrogen-bond donors (Lipinski definition) is 0. The van der Waals surface area contributed by atoms with E-state index in [0.29, 0.717) is 31.8 Å². The molecule has 2 fully saturated rings. The summed E-state index contributed by atoms with van der Waals surface area (Å²) in [6.45, 7) is 10.1. The molecular weight excluding hydrogens is 420 g/mol. The quantitative estimate of drug-likeness (QED) is 0.219. The average Bonchev–Trinajstić information content (AvgIpc) is 2.80. The smallest absolute Gasteiger partial charge is 0.330 e. The Bertz CT molecular complexity index is 583. The minimum absolute atomic E-state index is 0.281. The normalized spacial score (nSPS) is 26.5. The first-order chi connectivity index (χ1) is 15.9. The molecule has 0 saturated heterocycles. The summed E-state index contributed by atoms with van der Waals surface area (Å²) in [7, 11) is 0. The van der Waals surface area contributed by atoms with Gasteiger partial charge in [-0.05, 0) is 82.5 Å². The van der Waals surface area contributed by atoms with E-state index in [9.17, 15) is 9.59 Å². The third kappa shape index (κ3) is 9.62. The number of allylic oxidation sites excluding steroid dienone is 2. The standard InChI is InChI=1S/C27H44O6/c1-5-7-25(28)32-19-17-30-23-13-9-21(10-14-23)27(3,4)22-11-15-24(16-12-22)31-18-20-33-26(29)8-6-2/h5-8,21-24H,9-20H2,1-4H3. The third-order valence-electron chi connectivity index (χ3n) is 7.42. The largest absolute Gasteiger partial charge is 0.460 e. The average molecular weight is 465 g/mol. The molecule has 0 heterocycles. The van der Waals surface area contributed by atoms with Gasteiger partial charge in [-0.2, -0.15) is 0 Å². The lowest BCUT2D eigenvalue weighted by Gasteiger charge is -2.46. The topological polar surface area (TPSA) is 71.1 Å². The lowest BCUT2D eigenvalue weighted by Crippen LogP contribution is -2.39. The molecule has 0 bridgehead atoms. The molecular formula is C27H44O6. The summed E-state index contributed by atoms with van der Waals surface area (Å²) in [5.74, 6) is 0.829. The van der Waals surface area contributed by atoms with Crippen LogP contribution in [0.15, 0.2) is 24.3 Å². The SMILES string of the molecule is CC=CC(=O)OCCOC1CCC(C(C)(C)C2CCC(OCCOC(=O)C=CC)CC2)CC1. The number of rotatable bonds is 12. The van der Waals surface area contributed by atoms with Crippen LogP contribution in [0.1, 0.15) is 79.1 Å². The lowest BCUT2D eigenvalue weighted by atomic mass is 9.60. The molecule has 0 amide bonds.